The molecule has 1 fully saturated rings. The van der Waals surface area contributed by atoms with Gasteiger partial charge in [-0.25, -0.2) is 8.42 Å². The van der Waals surface area contributed by atoms with Gasteiger partial charge in [-0.1, -0.05) is 73.3 Å². The second kappa shape index (κ2) is 14.6. The van der Waals surface area contributed by atoms with Crippen molar-refractivity contribution in [2.75, 3.05) is 17.1 Å². The van der Waals surface area contributed by atoms with Crippen molar-refractivity contribution in [2.45, 2.75) is 64.3 Å². The van der Waals surface area contributed by atoms with E-state index in [2.05, 4.69) is 5.32 Å². The van der Waals surface area contributed by atoms with Crippen molar-refractivity contribution < 1.29 is 22.7 Å². The maximum absolute atomic E-state index is 13.8. The lowest BCUT2D eigenvalue weighted by atomic mass is 9.95. The normalized spacial score (nSPS) is 14.5. The molecule has 224 valence electrons. The Balaban J connectivity index is 1.51. The SMILES string of the molecule is C[C@H](C(=O)NC1CCCCC1)N(Cc1ccc(Cl)cc1)C(=O)CN(c1ccc(OCc2ccccc2)cc1)S(C)(=O)=O. The first-order valence-electron chi connectivity index (χ1n) is 14.2. The van der Waals surface area contributed by atoms with Crippen molar-refractivity contribution in [2.24, 2.45) is 0 Å². The van der Waals surface area contributed by atoms with E-state index in [4.69, 9.17) is 16.3 Å². The molecule has 0 unspecified atom stereocenters. The maximum atomic E-state index is 13.8. The molecule has 0 heterocycles. The molecule has 42 heavy (non-hydrogen) atoms. The van der Waals surface area contributed by atoms with E-state index in [1.807, 2.05) is 30.3 Å². The highest BCUT2D eigenvalue weighted by atomic mass is 35.5. The Bertz CT molecular complexity index is 1430. The van der Waals surface area contributed by atoms with Gasteiger partial charge in [-0.15, -0.1) is 0 Å². The van der Waals surface area contributed by atoms with Crippen LogP contribution in [0.3, 0.4) is 0 Å². The van der Waals surface area contributed by atoms with Gasteiger partial charge in [0.2, 0.25) is 21.8 Å². The Labute approximate surface area is 253 Å². The highest BCUT2D eigenvalue weighted by Gasteiger charge is 2.31. The third kappa shape index (κ3) is 8.97. The molecule has 1 aliphatic rings. The van der Waals surface area contributed by atoms with E-state index in [1.165, 1.54) is 4.90 Å². The van der Waals surface area contributed by atoms with Crippen LogP contribution in [0.25, 0.3) is 0 Å². The van der Waals surface area contributed by atoms with E-state index in [0.29, 0.717) is 23.1 Å². The number of nitrogens with zero attached hydrogens (tertiary/aromatic N) is 2. The molecule has 0 radical (unpaired) electrons. The first kappa shape index (κ1) is 31.4. The van der Waals surface area contributed by atoms with E-state index in [9.17, 15) is 18.0 Å². The van der Waals surface area contributed by atoms with Crippen molar-refractivity contribution in [1.29, 1.82) is 0 Å². The molecule has 1 saturated carbocycles. The summed E-state index contributed by atoms with van der Waals surface area (Å²) in [4.78, 5) is 28.5. The number of hydrogen-bond acceptors (Lipinski definition) is 5. The van der Waals surface area contributed by atoms with E-state index >= 15 is 0 Å². The fourth-order valence-corrected chi connectivity index (χ4v) is 5.98. The zero-order chi connectivity index (χ0) is 30.1. The number of benzene rings is 3. The van der Waals surface area contributed by atoms with Gasteiger partial charge < -0.3 is 15.0 Å². The molecule has 0 spiro atoms. The number of rotatable bonds is 12. The van der Waals surface area contributed by atoms with Gasteiger partial charge in [0.25, 0.3) is 0 Å². The largest absolute Gasteiger partial charge is 0.489 e. The third-order valence-electron chi connectivity index (χ3n) is 7.44. The number of anilines is 1. The van der Waals surface area contributed by atoms with Gasteiger partial charge in [0.05, 0.1) is 11.9 Å². The summed E-state index contributed by atoms with van der Waals surface area (Å²) in [6.07, 6.45) is 6.17. The van der Waals surface area contributed by atoms with Gasteiger partial charge >= 0.3 is 0 Å². The minimum Gasteiger partial charge on any atom is -0.489 e. The molecule has 10 heteroatoms. The van der Waals surface area contributed by atoms with E-state index < -0.39 is 28.5 Å². The van der Waals surface area contributed by atoms with Crippen LogP contribution < -0.4 is 14.4 Å². The summed E-state index contributed by atoms with van der Waals surface area (Å²) < 4.78 is 32.6. The molecule has 1 N–H and O–H groups in total. The summed E-state index contributed by atoms with van der Waals surface area (Å²) in [6.45, 7) is 1.71. The number of hydrogen-bond donors (Lipinski definition) is 1. The molecule has 3 aromatic rings. The van der Waals surface area contributed by atoms with Crippen LogP contribution in [0.5, 0.6) is 5.75 Å². The second-order valence-electron chi connectivity index (χ2n) is 10.7. The average molecular weight is 612 g/mol. The van der Waals surface area contributed by atoms with Crippen LogP contribution in [-0.4, -0.2) is 50.0 Å². The highest BCUT2D eigenvalue weighted by Crippen LogP contribution is 2.24. The van der Waals surface area contributed by atoms with Crippen LogP contribution in [0, 0.1) is 0 Å². The number of carbonyl (C=O) groups excluding carboxylic acids is 2. The van der Waals surface area contributed by atoms with Gasteiger partial charge in [-0.3, -0.25) is 13.9 Å². The van der Waals surface area contributed by atoms with Gasteiger partial charge in [0.15, 0.2) is 0 Å². The van der Waals surface area contributed by atoms with Crippen molar-refractivity contribution in [1.82, 2.24) is 10.2 Å². The van der Waals surface area contributed by atoms with Crippen molar-refractivity contribution in [3.05, 3.63) is 95.0 Å². The van der Waals surface area contributed by atoms with Gasteiger partial charge in [0, 0.05) is 17.6 Å². The molecule has 1 aliphatic carbocycles. The Hall–Kier alpha value is -3.56. The molecular weight excluding hydrogens is 574 g/mol. The lowest BCUT2D eigenvalue weighted by molar-refractivity contribution is -0.139. The standard InChI is InChI=1S/C32H38ClN3O5S/c1-24(32(38)34-28-11-7-4-8-12-28)35(21-25-13-15-27(33)16-14-25)31(37)22-36(42(2,39)40)29-17-19-30(20-18-29)41-23-26-9-5-3-6-10-26/h3,5-6,9-10,13-20,24,28H,4,7-8,11-12,21-23H2,1-2H3,(H,34,38)/t24-/m1/s1. The number of sulfonamides is 1. The predicted molar refractivity (Wildman–Crippen MR) is 166 cm³/mol. The van der Waals surface area contributed by atoms with Crippen LogP contribution in [0.4, 0.5) is 5.69 Å². The van der Waals surface area contributed by atoms with Crippen molar-refractivity contribution in [3.63, 3.8) is 0 Å². The zero-order valence-corrected chi connectivity index (χ0v) is 25.6. The average Bonchev–Trinajstić information content (AvgIpc) is 2.99. The highest BCUT2D eigenvalue weighted by molar-refractivity contribution is 7.92. The maximum Gasteiger partial charge on any atom is 0.244 e. The topological polar surface area (TPSA) is 96.0 Å². The minimum atomic E-state index is -3.83. The molecule has 2 amide bonds. The lowest BCUT2D eigenvalue weighted by Gasteiger charge is -2.33. The number of ether oxygens (including phenoxy) is 1. The smallest absolute Gasteiger partial charge is 0.244 e. The molecule has 0 aliphatic heterocycles. The van der Waals surface area contributed by atoms with Gasteiger partial charge in [-0.2, -0.15) is 0 Å². The second-order valence-corrected chi connectivity index (χ2v) is 13.0. The third-order valence-corrected chi connectivity index (χ3v) is 8.83. The summed E-state index contributed by atoms with van der Waals surface area (Å²) in [5, 5.41) is 3.65. The number of amides is 2. The summed E-state index contributed by atoms with van der Waals surface area (Å²) in [5.74, 6) is -0.180. The van der Waals surface area contributed by atoms with E-state index in [1.54, 1.807) is 55.5 Å². The van der Waals surface area contributed by atoms with Crippen LogP contribution in [0.15, 0.2) is 78.9 Å². The number of halogens is 1. The molecule has 0 bridgehead atoms. The van der Waals surface area contributed by atoms with Crippen LogP contribution in [0.1, 0.15) is 50.2 Å². The summed E-state index contributed by atoms with van der Waals surface area (Å²) in [5.41, 5.74) is 2.10. The minimum absolute atomic E-state index is 0.0799. The Morgan fingerprint density at radius 2 is 1.57 bits per heavy atom. The monoisotopic (exact) mass is 611 g/mol. The van der Waals surface area contributed by atoms with Crippen LogP contribution >= 0.6 is 11.6 Å². The van der Waals surface area contributed by atoms with Crippen LogP contribution in [-0.2, 0) is 32.8 Å². The van der Waals surface area contributed by atoms with E-state index in [-0.39, 0.29) is 18.5 Å². The van der Waals surface area contributed by atoms with Gasteiger partial charge in [-0.05, 0) is 67.3 Å². The first-order valence-corrected chi connectivity index (χ1v) is 16.4. The van der Waals surface area contributed by atoms with Crippen molar-refractivity contribution in [3.8, 4) is 5.75 Å². The molecular formula is C32H38ClN3O5S. The zero-order valence-electron chi connectivity index (χ0n) is 24.0. The molecule has 1 atom stereocenters. The summed E-state index contributed by atoms with van der Waals surface area (Å²) in [7, 11) is -3.83. The van der Waals surface area contributed by atoms with E-state index in [0.717, 1.165) is 53.8 Å². The molecule has 0 saturated heterocycles. The first-order chi connectivity index (χ1) is 20.1. The molecule has 8 nitrogen and oxygen atoms in total. The predicted octanol–water partition coefficient (Wildman–Crippen LogP) is 5.55. The van der Waals surface area contributed by atoms with Crippen molar-refractivity contribution >= 4 is 39.1 Å². The molecule has 4 rings (SSSR count). The Morgan fingerprint density at radius 1 is 0.929 bits per heavy atom. The fraction of sp³-hybridized carbons (Fsp3) is 0.375. The Morgan fingerprint density at radius 3 is 2.19 bits per heavy atom. The Kier molecular flexibility index (Phi) is 10.9. The lowest BCUT2D eigenvalue weighted by Crippen LogP contribution is -2.52. The quantitative estimate of drug-likeness (QED) is 0.290. The summed E-state index contributed by atoms with van der Waals surface area (Å²) in [6, 6.07) is 22.5. The van der Waals surface area contributed by atoms with Gasteiger partial charge in [0.1, 0.15) is 24.9 Å². The molecule has 3 aromatic carbocycles. The number of carbonyl (C=O) groups is 2. The number of nitrogens with one attached hydrogen (secondary N) is 1. The summed E-state index contributed by atoms with van der Waals surface area (Å²) >= 11 is 6.05. The fourth-order valence-electron chi connectivity index (χ4n) is 5.00. The molecule has 0 aromatic heterocycles. The van der Waals surface area contributed by atoms with Crippen LogP contribution in [0.2, 0.25) is 5.02 Å².